The number of hydrogen-bond acceptors (Lipinski definition) is 6. The van der Waals surface area contributed by atoms with Gasteiger partial charge in [-0.3, -0.25) is 0 Å². The van der Waals surface area contributed by atoms with Gasteiger partial charge in [0.05, 0.1) is 35.6 Å². The maximum absolute atomic E-state index is 5.43. The van der Waals surface area contributed by atoms with E-state index in [0.717, 1.165) is 44.9 Å². The Morgan fingerprint density at radius 3 is 2.59 bits per heavy atom. The highest BCUT2D eigenvalue weighted by Crippen LogP contribution is 2.34. The number of rotatable bonds is 5. The molecule has 114 valence electrons. The van der Waals surface area contributed by atoms with Crippen molar-refractivity contribution in [3.63, 3.8) is 0 Å². The summed E-state index contributed by atoms with van der Waals surface area (Å²) in [5.74, 6) is 1.59. The number of methoxy groups -OCH3 is 2. The lowest BCUT2D eigenvalue weighted by Gasteiger charge is -2.08. The number of ether oxygens (including phenoxy) is 2. The maximum atomic E-state index is 5.43. The number of hydrogen-bond donors (Lipinski definition) is 0. The summed E-state index contributed by atoms with van der Waals surface area (Å²) in [6.45, 7) is 2.02. The fourth-order valence-electron chi connectivity index (χ4n) is 2.17. The van der Waals surface area contributed by atoms with E-state index < -0.39 is 0 Å². The molecule has 3 aromatic rings. The van der Waals surface area contributed by atoms with Crippen LogP contribution in [0, 0.1) is 6.92 Å². The Kier molecular flexibility index (Phi) is 4.40. The fraction of sp³-hybridized carbons (Fsp3) is 0.250. The van der Waals surface area contributed by atoms with E-state index in [1.807, 2.05) is 30.5 Å². The fourth-order valence-corrected chi connectivity index (χ4v) is 3.60. The van der Waals surface area contributed by atoms with Crippen molar-refractivity contribution in [2.75, 3.05) is 14.2 Å². The molecule has 0 bridgehead atoms. The van der Waals surface area contributed by atoms with Gasteiger partial charge in [-0.1, -0.05) is 0 Å². The summed E-state index contributed by atoms with van der Waals surface area (Å²) in [5.41, 5.74) is 2.92. The summed E-state index contributed by atoms with van der Waals surface area (Å²) in [5, 5.41) is 6.26. The lowest BCUT2D eigenvalue weighted by molar-refractivity contribution is 0.404. The van der Waals surface area contributed by atoms with E-state index in [2.05, 4.69) is 10.4 Å². The zero-order chi connectivity index (χ0) is 15.5. The number of nitrogens with zero attached hydrogens (tertiary/aromatic N) is 2. The largest absolute Gasteiger partial charge is 0.497 e. The van der Waals surface area contributed by atoms with Crippen molar-refractivity contribution < 1.29 is 9.47 Å². The predicted molar refractivity (Wildman–Crippen MR) is 90.3 cm³/mol. The molecule has 0 aliphatic carbocycles. The minimum Gasteiger partial charge on any atom is -0.497 e. The van der Waals surface area contributed by atoms with Crippen LogP contribution in [0.5, 0.6) is 11.5 Å². The average Bonchev–Trinajstić information content (AvgIpc) is 3.16. The van der Waals surface area contributed by atoms with E-state index >= 15 is 0 Å². The molecule has 6 heteroatoms. The van der Waals surface area contributed by atoms with Gasteiger partial charge in [0.2, 0.25) is 0 Å². The Morgan fingerprint density at radius 2 is 1.91 bits per heavy atom. The van der Waals surface area contributed by atoms with Crippen LogP contribution in [0.2, 0.25) is 0 Å². The SMILES string of the molecule is COc1ccc(OC)c(-c2csc(Cc3csc(C)n3)n2)c1. The Bertz CT molecular complexity index is 780. The van der Waals surface area contributed by atoms with E-state index in [1.165, 1.54) is 0 Å². The Balaban J connectivity index is 1.90. The molecule has 2 aromatic heterocycles. The van der Waals surface area contributed by atoms with E-state index in [4.69, 9.17) is 14.5 Å². The molecular formula is C16H16N2O2S2. The van der Waals surface area contributed by atoms with E-state index in [1.54, 1.807) is 36.9 Å². The van der Waals surface area contributed by atoms with Crippen LogP contribution in [0.4, 0.5) is 0 Å². The van der Waals surface area contributed by atoms with Crippen LogP contribution in [0.3, 0.4) is 0 Å². The van der Waals surface area contributed by atoms with Gasteiger partial charge in [-0.25, -0.2) is 9.97 Å². The van der Waals surface area contributed by atoms with Gasteiger partial charge in [-0.15, -0.1) is 22.7 Å². The van der Waals surface area contributed by atoms with Crippen LogP contribution in [-0.2, 0) is 6.42 Å². The third kappa shape index (κ3) is 3.13. The summed E-state index contributed by atoms with van der Waals surface area (Å²) in [6, 6.07) is 5.73. The van der Waals surface area contributed by atoms with E-state index in [0.29, 0.717) is 0 Å². The molecular weight excluding hydrogens is 316 g/mol. The molecule has 0 aliphatic rings. The molecule has 0 amide bonds. The molecule has 0 radical (unpaired) electrons. The van der Waals surface area contributed by atoms with Gasteiger partial charge in [0.25, 0.3) is 0 Å². The molecule has 2 heterocycles. The van der Waals surface area contributed by atoms with Gasteiger partial charge in [0, 0.05) is 22.7 Å². The smallest absolute Gasteiger partial charge is 0.128 e. The zero-order valence-corrected chi connectivity index (χ0v) is 14.3. The molecule has 22 heavy (non-hydrogen) atoms. The highest BCUT2D eigenvalue weighted by molar-refractivity contribution is 7.10. The molecule has 0 saturated heterocycles. The summed E-state index contributed by atoms with van der Waals surface area (Å²) in [7, 11) is 3.32. The predicted octanol–water partition coefficient (Wildman–Crippen LogP) is 4.18. The van der Waals surface area contributed by atoms with Crippen LogP contribution < -0.4 is 9.47 Å². The van der Waals surface area contributed by atoms with E-state index in [9.17, 15) is 0 Å². The lowest BCUT2D eigenvalue weighted by atomic mass is 10.1. The molecule has 1 aromatic carbocycles. The number of aryl methyl sites for hydroxylation is 1. The van der Waals surface area contributed by atoms with E-state index in [-0.39, 0.29) is 0 Å². The quantitative estimate of drug-likeness (QED) is 0.703. The van der Waals surface area contributed by atoms with Crippen LogP contribution in [0.25, 0.3) is 11.3 Å². The number of aromatic nitrogens is 2. The third-order valence-electron chi connectivity index (χ3n) is 3.23. The second-order valence-corrected chi connectivity index (χ2v) is 6.73. The van der Waals surface area contributed by atoms with Gasteiger partial charge in [-0.05, 0) is 25.1 Å². The lowest BCUT2D eigenvalue weighted by Crippen LogP contribution is -1.92. The molecule has 4 nitrogen and oxygen atoms in total. The molecule has 0 unspecified atom stereocenters. The first-order valence-electron chi connectivity index (χ1n) is 6.77. The van der Waals surface area contributed by atoms with Crippen LogP contribution in [0.1, 0.15) is 15.7 Å². The van der Waals surface area contributed by atoms with Crippen molar-refractivity contribution in [1.29, 1.82) is 0 Å². The molecule has 0 saturated carbocycles. The minimum atomic E-state index is 0.765. The molecule has 3 rings (SSSR count). The van der Waals surface area contributed by atoms with Gasteiger partial charge in [0.15, 0.2) is 0 Å². The highest BCUT2D eigenvalue weighted by atomic mass is 32.1. The van der Waals surface area contributed by atoms with Gasteiger partial charge < -0.3 is 9.47 Å². The standard InChI is InChI=1S/C16H16N2O2S2/c1-10-17-11(8-21-10)6-16-18-14(9-22-16)13-7-12(19-2)4-5-15(13)20-3/h4-5,7-9H,6H2,1-3H3. The molecule has 0 aliphatic heterocycles. The van der Waals surface area contributed by atoms with Crippen molar-refractivity contribution in [3.8, 4) is 22.8 Å². The second-order valence-electron chi connectivity index (χ2n) is 4.73. The van der Waals surface area contributed by atoms with Crippen LogP contribution in [-0.4, -0.2) is 24.2 Å². The normalized spacial score (nSPS) is 10.7. The minimum absolute atomic E-state index is 0.765. The third-order valence-corrected chi connectivity index (χ3v) is 4.90. The first-order chi connectivity index (χ1) is 10.7. The van der Waals surface area contributed by atoms with Gasteiger partial charge in [-0.2, -0.15) is 0 Å². The summed E-state index contributed by atoms with van der Waals surface area (Å²) < 4.78 is 10.7. The zero-order valence-electron chi connectivity index (χ0n) is 12.6. The van der Waals surface area contributed by atoms with Crippen molar-refractivity contribution in [3.05, 3.63) is 44.7 Å². The topological polar surface area (TPSA) is 44.2 Å². The molecule has 0 fully saturated rings. The van der Waals surface area contributed by atoms with Crippen molar-refractivity contribution >= 4 is 22.7 Å². The van der Waals surface area contributed by atoms with Crippen molar-refractivity contribution in [1.82, 2.24) is 9.97 Å². The Hall–Kier alpha value is -1.92. The first kappa shape index (κ1) is 15.0. The molecule has 0 atom stereocenters. The molecule has 0 N–H and O–H groups in total. The maximum Gasteiger partial charge on any atom is 0.128 e. The number of benzene rings is 1. The first-order valence-corrected chi connectivity index (χ1v) is 8.53. The van der Waals surface area contributed by atoms with Crippen LogP contribution >= 0.6 is 22.7 Å². The average molecular weight is 332 g/mol. The second kappa shape index (κ2) is 6.46. The van der Waals surface area contributed by atoms with Crippen molar-refractivity contribution in [2.45, 2.75) is 13.3 Å². The summed E-state index contributed by atoms with van der Waals surface area (Å²) >= 11 is 3.31. The summed E-state index contributed by atoms with van der Waals surface area (Å²) in [6.07, 6.45) is 0.765. The number of thiazole rings is 2. The highest BCUT2D eigenvalue weighted by Gasteiger charge is 2.12. The van der Waals surface area contributed by atoms with Gasteiger partial charge >= 0.3 is 0 Å². The van der Waals surface area contributed by atoms with Crippen molar-refractivity contribution in [2.24, 2.45) is 0 Å². The monoisotopic (exact) mass is 332 g/mol. The summed E-state index contributed by atoms with van der Waals surface area (Å²) in [4.78, 5) is 9.21. The Labute approximate surface area is 137 Å². The van der Waals surface area contributed by atoms with Crippen LogP contribution in [0.15, 0.2) is 29.0 Å². The van der Waals surface area contributed by atoms with Gasteiger partial charge in [0.1, 0.15) is 11.5 Å². The molecule has 0 spiro atoms. The Morgan fingerprint density at radius 1 is 1.05 bits per heavy atom.